The van der Waals surface area contributed by atoms with Crippen molar-refractivity contribution in [3.8, 4) is 16.2 Å². The molecule has 2 fully saturated rings. The van der Waals surface area contributed by atoms with E-state index in [2.05, 4.69) is 48.6 Å². The number of aliphatic hydroxyl groups is 1. The highest BCUT2D eigenvalue weighted by Crippen LogP contribution is 2.53. The van der Waals surface area contributed by atoms with E-state index in [1.165, 1.54) is 4.90 Å². The molecule has 1 aliphatic heterocycles. The number of benzene rings is 2. The Morgan fingerprint density at radius 3 is 2.27 bits per heavy atom. The second-order valence-corrected chi connectivity index (χ2v) is 18.5. The Balaban J connectivity index is 0.994. The second-order valence-electron chi connectivity index (χ2n) is 17.6. The summed E-state index contributed by atoms with van der Waals surface area (Å²) in [6.45, 7) is 15.2. The molecule has 0 spiro atoms. The molecular weight excluding hydrogens is 731 g/mol. The molecule has 1 saturated heterocycles. The average molecular weight is 790 g/mol. The van der Waals surface area contributed by atoms with Crippen molar-refractivity contribution >= 4 is 35.0 Å². The normalized spacial score (nSPS) is 19.5. The number of ether oxygens (including phenoxy) is 2. The van der Waals surface area contributed by atoms with E-state index in [9.17, 15) is 24.3 Å². The summed E-state index contributed by atoms with van der Waals surface area (Å²) in [6, 6.07) is 13.4. The number of hydrogen-bond donors (Lipinski definition) is 4. The molecule has 0 unspecified atom stereocenters. The Kier molecular flexibility index (Phi) is 14.0. The van der Waals surface area contributed by atoms with Gasteiger partial charge in [0.1, 0.15) is 24.4 Å². The first-order valence-electron chi connectivity index (χ1n) is 19.6. The number of likely N-dealkylation sites (tertiary alicyclic amines) is 1. The van der Waals surface area contributed by atoms with Crippen LogP contribution in [0, 0.1) is 16.2 Å². The lowest BCUT2D eigenvalue weighted by molar-refractivity contribution is -0.144. The van der Waals surface area contributed by atoms with Gasteiger partial charge in [0.05, 0.1) is 23.1 Å². The smallest absolute Gasteiger partial charge is 0.251 e. The second kappa shape index (κ2) is 18.3. The van der Waals surface area contributed by atoms with E-state index in [0.717, 1.165) is 41.7 Å². The summed E-state index contributed by atoms with van der Waals surface area (Å²) >= 11 is 1.55. The SMILES string of the molecule is CC1(C)CC(C)(C)C1NC(=O)c1ccc(OCCCCCOCC(=O)N[C@H](C(=O)N2C[C@H](O)C[C@H]2C(=O)NCc2ccc(-c3cncs3)cc2)C(C)(C)C)cc1. The highest BCUT2D eigenvalue weighted by Gasteiger charge is 2.53. The van der Waals surface area contributed by atoms with Crippen molar-refractivity contribution < 1.29 is 33.8 Å². The van der Waals surface area contributed by atoms with E-state index in [4.69, 9.17) is 9.47 Å². The summed E-state index contributed by atoms with van der Waals surface area (Å²) in [5.74, 6) is -0.577. The summed E-state index contributed by atoms with van der Waals surface area (Å²) in [7, 11) is 0. The summed E-state index contributed by atoms with van der Waals surface area (Å²) in [6.07, 6.45) is 4.49. The van der Waals surface area contributed by atoms with Crippen LogP contribution in [-0.2, 0) is 25.7 Å². The maximum absolute atomic E-state index is 13.9. The molecule has 4 N–H and O–H groups in total. The van der Waals surface area contributed by atoms with Gasteiger partial charge >= 0.3 is 0 Å². The van der Waals surface area contributed by atoms with Crippen LogP contribution in [0.15, 0.2) is 60.2 Å². The fraction of sp³-hybridized carbons (Fsp3) is 0.558. The molecule has 3 atom stereocenters. The summed E-state index contributed by atoms with van der Waals surface area (Å²) < 4.78 is 11.5. The van der Waals surface area contributed by atoms with E-state index in [0.29, 0.717) is 24.5 Å². The zero-order chi connectivity index (χ0) is 40.7. The van der Waals surface area contributed by atoms with Crippen LogP contribution >= 0.6 is 11.3 Å². The lowest BCUT2D eigenvalue weighted by Crippen LogP contribution is -2.63. The maximum atomic E-state index is 13.9. The first kappa shape index (κ1) is 42.8. The minimum atomic E-state index is -0.930. The molecule has 4 amide bonds. The van der Waals surface area contributed by atoms with Gasteiger partial charge < -0.3 is 35.4 Å². The molecule has 304 valence electrons. The van der Waals surface area contributed by atoms with Gasteiger partial charge in [-0.15, -0.1) is 11.3 Å². The number of aromatic nitrogens is 1. The van der Waals surface area contributed by atoms with Crippen LogP contribution in [0.4, 0.5) is 0 Å². The van der Waals surface area contributed by atoms with Gasteiger partial charge in [0.15, 0.2) is 0 Å². The van der Waals surface area contributed by atoms with Gasteiger partial charge in [-0.1, -0.05) is 72.7 Å². The molecule has 1 saturated carbocycles. The zero-order valence-electron chi connectivity index (χ0n) is 33.9. The van der Waals surface area contributed by atoms with Crippen LogP contribution in [0.3, 0.4) is 0 Å². The van der Waals surface area contributed by atoms with Gasteiger partial charge in [-0.25, -0.2) is 0 Å². The molecule has 5 rings (SSSR count). The van der Waals surface area contributed by atoms with Crippen LogP contribution in [-0.4, -0.2) is 89.2 Å². The Labute approximate surface area is 335 Å². The highest BCUT2D eigenvalue weighted by atomic mass is 32.1. The van der Waals surface area contributed by atoms with Crippen molar-refractivity contribution in [2.45, 2.75) is 111 Å². The van der Waals surface area contributed by atoms with Gasteiger partial charge in [0, 0.05) is 43.9 Å². The summed E-state index contributed by atoms with van der Waals surface area (Å²) in [4.78, 5) is 59.6. The van der Waals surface area contributed by atoms with Gasteiger partial charge in [-0.3, -0.25) is 24.2 Å². The lowest BCUT2D eigenvalue weighted by Gasteiger charge is -2.57. The molecule has 13 heteroatoms. The van der Waals surface area contributed by atoms with E-state index < -0.39 is 35.4 Å². The number of rotatable bonds is 17. The predicted octanol–water partition coefficient (Wildman–Crippen LogP) is 5.74. The number of unbranched alkanes of at least 4 members (excludes halogenated alkanes) is 2. The van der Waals surface area contributed by atoms with Gasteiger partial charge in [-0.05, 0) is 77.3 Å². The van der Waals surface area contributed by atoms with Gasteiger partial charge in [0.2, 0.25) is 17.7 Å². The number of amides is 4. The Hall–Kier alpha value is -4.33. The van der Waals surface area contributed by atoms with Crippen LogP contribution < -0.4 is 20.7 Å². The number of carbonyl (C=O) groups is 4. The van der Waals surface area contributed by atoms with Crippen molar-refractivity contribution in [1.29, 1.82) is 0 Å². The summed E-state index contributed by atoms with van der Waals surface area (Å²) in [5, 5.41) is 19.5. The lowest BCUT2D eigenvalue weighted by atomic mass is 9.52. The van der Waals surface area contributed by atoms with Crippen LogP contribution in [0.5, 0.6) is 5.75 Å². The zero-order valence-corrected chi connectivity index (χ0v) is 34.7. The Bertz CT molecular complexity index is 1770. The standard InChI is InChI=1S/C43H59N5O7S/c1-41(2,3)36(39(53)48-24-31(49)21-33(48)38(52)45-22-28-11-13-29(14-12-28)34-23-44-27-56-34)46-35(50)25-54-19-9-8-10-20-55-32-17-15-30(16-18-32)37(51)47-40-42(4,5)26-43(40,6)7/h11-18,23,27,31,33,36,40,49H,8-10,19-22,24-26H2,1-7H3,(H,45,52)(H,46,50)(H,47,51)/t31-,33+,36-/m1/s1. The quantitative estimate of drug-likeness (QED) is 0.126. The maximum Gasteiger partial charge on any atom is 0.251 e. The molecule has 2 aromatic carbocycles. The minimum absolute atomic E-state index is 0.00318. The van der Waals surface area contributed by atoms with Crippen LogP contribution in [0.1, 0.15) is 96.5 Å². The number of hydrogen-bond acceptors (Lipinski definition) is 9. The molecule has 0 radical (unpaired) electrons. The number of carbonyl (C=O) groups excluding carboxylic acids is 4. The van der Waals surface area contributed by atoms with Gasteiger partial charge in [-0.2, -0.15) is 0 Å². The van der Waals surface area contributed by atoms with Crippen molar-refractivity contribution in [3.63, 3.8) is 0 Å². The number of β-amino-alcohol motifs (C(OH)–C–C–N with tert-alkyl or cyclic N) is 1. The van der Waals surface area contributed by atoms with E-state index in [-0.39, 0.29) is 54.8 Å². The van der Waals surface area contributed by atoms with Crippen LogP contribution in [0.2, 0.25) is 0 Å². The first-order chi connectivity index (χ1) is 26.4. The largest absolute Gasteiger partial charge is 0.494 e. The fourth-order valence-corrected chi connectivity index (χ4v) is 8.86. The van der Waals surface area contributed by atoms with Gasteiger partial charge in [0.25, 0.3) is 5.91 Å². The van der Waals surface area contributed by atoms with Crippen molar-refractivity contribution in [2.75, 3.05) is 26.4 Å². The molecule has 2 aliphatic rings. The Morgan fingerprint density at radius 2 is 1.64 bits per heavy atom. The fourth-order valence-electron chi connectivity index (χ4n) is 8.23. The van der Waals surface area contributed by atoms with E-state index in [1.54, 1.807) is 29.0 Å². The third kappa shape index (κ3) is 11.2. The third-order valence-corrected chi connectivity index (χ3v) is 11.5. The predicted molar refractivity (Wildman–Crippen MR) is 217 cm³/mol. The number of nitrogens with zero attached hydrogens (tertiary/aromatic N) is 2. The Morgan fingerprint density at radius 1 is 0.964 bits per heavy atom. The van der Waals surface area contributed by atoms with E-state index in [1.807, 2.05) is 63.4 Å². The average Bonchev–Trinajstić information content (AvgIpc) is 3.83. The monoisotopic (exact) mass is 789 g/mol. The number of nitrogens with one attached hydrogen (secondary N) is 3. The number of thiazole rings is 1. The third-order valence-electron chi connectivity index (χ3n) is 10.7. The molecule has 1 aromatic heterocycles. The van der Waals surface area contributed by atoms with Crippen molar-refractivity contribution in [1.82, 2.24) is 25.8 Å². The molecule has 3 aromatic rings. The highest BCUT2D eigenvalue weighted by molar-refractivity contribution is 7.13. The molecule has 0 bridgehead atoms. The molecule has 56 heavy (non-hydrogen) atoms. The van der Waals surface area contributed by atoms with E-state index >= 15 is 0 Å². The van der Waals surface area contributed by atoms with Crippen LogP contribution in [0.25, 0.3) is 10.4 Å². The summed E-state index contributed by atoms with van der Waals surface area (Å²) in [5.41, 5.74) is 3.83. The topological polar surface area (TPSA) is 159 Å². The van der Waals surface area contributed by atoms with Crippen molar-refractivity contribution in [2.24, 2.45) is 16.2 Å². The molecule has 2 heterocycles. The molecular formula is C43H59N5O7S. The first-order valence-corrected chi connectivity index (χ1v) is 20.5. The molecule has 1 aliphatic carbocycles. The van der Waals surface area contributed by atoms with Crippen molar-refractivity contribution in [3.05, 3.63) is 71.4 Å². The number of aliphatic hydroxyl groups excluding tert-OH is 1. The minimum Gasteiger partial charge on any atom is -0.494 e. The molecule has 12 nitrogen and oxygen atoms in total.